The molecule has 0 aliphatic carbocycles. The van der Waals surface area contributed by atoms with Gasteiger partial charge in [0.15, 0.2) is 29.1 Å². The smallest absolute Gasteiger partial charge is 0.258 e. The van der Waals surface area contributed by atoms with E-state index < -0.39 is 43.7 Å². The van der Waals surface area contributed by atoms with Gasteiger partial charge in [-0.3, -0.25) is 9.59 Å². The number of sulfone groups is 1. The number of benzene rings is 1. The third-order valence-electron chi connectivity index (χ3n) is 3.65. The molecule has 28 heavy (non-hydrogen) atoms. The predicted molar refractivity (Wildman–Crippen MR) is 99.1 cm³/mol. The van der Waals surface area contributed by atoms with Crippen LogP contribution in [0, 0.1) is 5.82 Å². The molecule has 1 aromatic heterocycles. The van der Waals surface area contributed by atoms with Crippen LogP contribution >= 0.6 is 0 Å². The van der Waals surface area contributed by atoms with E-state index in [4.69, 9.17) is 0 Å². The van der Waals surface area contributed by atoms with Crippen LogP contribution in [0.15, 0.2) is 29.3 Å². The van der Waals surface area contributed by atoms with E-state index in [9.17, 15) is 27.5 Å². The van der Waals surface area contributed by atoms with Gasteiger partial charge >= 0.3 is 0 Å². The summed E-state index contributed by atoms with van der Waals surface area (Å²) in [5.41, 5.74) is -2.34. The van der Waals surface area contributed by atoms with Gasteiger partial charge in [0.25, 0.3) is 11.8 Å². The molecule has 0 unspecified atom stereocenters. The Labute approximate surface area is 160 Å². The Balaban J connectivity index is 2.21. The SMILES string of the molecule is Bc1ncc(NC(=O)[C@@](C)(O)CS(=O)(=O)c2ccc(C(=O)NC)c(F)c2)nn1. The molecule has 1 heterocycles. The third kappa shape index (κ3) is 4.87. The van der Waals surface area contributed by atoms with Crippen LogP contribution in [0.4, 0.5) is 10.2 Å². The van der Waals surface area contributed by atoms with Crippen molar-refractivity contribution in [1.82, 2.24) is 20.5 Å². The van der Waals surface area contributed by atoms with Crippen molar-refractivity contribution in [3.05, 3.63) is 35.8 Å². The van der Waals surface area contributed by atoms with Crippen molar-refractivity contribution in [2.45, 2.75) is 17.4 Å². The Kier molecular flexibility index (Phi) is 6.09. The van der Waals surface area contributed by atoms with E-state index in [1.807, 2.05) is 0 Å². The lowest BCUT2D eigenvalue weighted by Crippen LogP contribution is -2.46. The number of hydrogen-bond donors (Lipinski definition) is 3. The maximum absolute atomic E-state index is 14.0. The number of aliphatic hydroxyl groups is 1. The number of aromatic nitrogens is 3. The quantitative estimate of drug-likeness (QED) is 0.455. The van der Waals surface area contributed by atoms with E-state index in [0.717, 1.165) is 19.1 Å². The second kappa shape index (κ2) is 7.98. The molecule has 0 saturated carbocycles. The second-order valence-electron chi connectivity index (χ2n) is 6.10. The van der Waals surface area contributed by atoms with Gasteiger partial charge in [-0.15, -0.1) is 10.2 Å². The van der Waals surface area contributed by atoms with Gasteiger partial charge in [-0.25, -0.2) is 17.8 Å². The molecule has 1 aromatic carbocycles. The Morgan fingerprint density at radius 2 is 2.00 bits per heavy atom. The first-order chi connectivity index (χ1) is 13.0. The summed E-state index contributed by atoms with van der Waals surface area (Å²) in [5, 5.41) is 22.0. The monoisotopic (exact) mass is 409 g/mol. The van der Waals surface area contributed by atoms with E-state index in [2.05, 4.69) is 25.8 Å². The summed E-state index contributed by atoms with van der Waals surface area (Å²) in [6.07, 6.45) is 1.19. The molecule has 148 valence electrons. The lowest BCUT2D eigenvalue weighted by molar-refractivity contribution is -0.130. The summed E-state index contributed by atoms with van der Waals surface area (Å²) in [4.78, 5) is 27.1. The number of rotatable bonds is 6. The van der Waals surface area contributed by atoms with Crippen molar-refractivity contribution < 1.29 is 27.5 Å². The summed E-state index contributed by atoms with van der Waals surface area (Å²) in [6.45, 7) is 0.990. The number of carbonyl (C=O) groups excluding carboxylic acids is 2. The summed E-state index contributed by atoms with van der Waals surface area (Å²) in [6, 6.07) is 2.68. The molecule has 13 heteroatoms. The standard InChI is InChI=1S/C15H17BFN5O5S/c1-15(25,13(24)20-11-6-19-14(16)22-21-11)7-28(26,27)8-3-4-9(10(17)5-8)12(23)18-2/h3-6,25H,7,16H2,1-2H3,(H,18,23)(H,20,21,24)/t15-/m0/s1. The minimum Gasteiger partial charge on any atom is -0.379 e. The molecule has 10 nitrogen and oxygen atoms in total. The van der Waals surface area contributed by atoms with Gasteiger partial charge in [0.05, 0.1) is 22.4 Å². The Morgan fingerprint density at radius 1 is 1.32 bits per heavy atom. The lowest BCUT2D eigenvalue weighted by atomic mass is 10.1. The molecule has 0 spiro atoms. The first kappa shape index (κ1) is 21.4. The molecule has 2 rings (SSSR count). The van der Waals surface area contributed by atoms with Crippen LogP contribution in [0.1, 0.15) is 17.3 Å². The van der Waals surface area contributed by atoms with Gasteiger partial charge in [0, 0.05) is 7.05 Å². The van der Waals surface area contributed by atoms with E-state index in [1.54, 1.807) is 7.85 Å². The Bertz CT molecular complexity index is 1010. The minimum absolute atomic E-state index is 0.0748. The van der Waals surface area contributed by atoms with Crippen molar-refractivity contribution in [3.63, 3.8) is 0 Å². The first-order valence-corrected chi connectivity index (χ1v) is 9.56. The largest absolute Gasteiger partial charge is 0.379 e. The molecule has 2 aromatic rings. The lowest BCUT2D eigenvalue weighted by Gasteiger charge is -2.21. The second-order valence-corrected chi connectivity index (χ2v) is 8.09. The number of anilines is 1. The van der Waals surface area contributed by atoms with Crippen molar-refractivity contribution in [3.8, 4) is 0 Å². The Morgan fingerprint density at radius 3 is 2.54 bits per heavy atom. The van der Waals surface area contributed by atoms with Crippen LogP contribution in [-0.4, -0.2) is 66.8 Å². The fourth-order valence-corrected chi connectivity index (χ4v) is 3.76. The summed E-state index contributed by atoms with van der Waals surface area (Å²) in [5.74, 6) is -3.93. The van der Waals surface area contributed by atoms with Crippen LogP contribution in [0.5, 0.6) is 0 Å². The molecule has 1 atom stereocenters. The highest BCUT2D eigenvalue weighted by Crippen LogP contribution is 2.20. The Hall–Kier alpha value is -2.93. The first-order valence-electron chi connectivity index (χ1n) is 7.91. The molecule has 0 radical (unpaired) electrons. The number of amides is 2. The summed E-state index contributed by atoms with van der Waals surface area (Å²) < 4.78 is 39.0. The van der Waals surface area contributed by atoms with E-state index in [-0.39, 0.29) is 11.4 Å². The molecule has 0 saturated heterocycles. The number of nitrogens with one attached hydrogen (secondary N) is 2. The molecule has 0 fully saturated rings. The third-order valence-corrected chi connectivity index (χ3v) is 5.56. The highest BCUT2D eigenvalue weighted by atomic mass is 32.2. The van der Waals surface area contributed by atoms with Crippen LogP contribution in [-0.2, 0) is 14.6 Å². The predicted octanol–water partition coefficient (Wildman–Crippen LogP) is -2.21. The zero-order valence-electron chi connectivity index (χ0n) is 15.2. The van der Waals surface area contributed by atoms with E-state index in [1.165, 1.54) is 13.2 Å². The highest BCUT2D eigenvalue weighted by molar-refractivity contribution is 7.91. The van der Waals surface area contributed by atoms with Gasteiger partial charge in [-0.2, -0.15) is 0 Å². The zero-order valence-corrected chi connectivity index (χ0v) is 16.0. The average Bonchev–Trinajstić information content (AvgIpc) is 2.62. The van der Waals surface area contributed by atoms with Crippen LogP contribution in [0.2, 0.25) is 0 Å². The topological polar surface area (TPSA) is 151 Å². The van der Waals surface area contributed by atoms with Gasteiger partial charge in [-0.1, -0.05) is 0 Å². The summed E-state index contributed by atoms with van der Waals surface area (Å²) >= 11 is 0. The van der Waals surface area contributed by atoms with Crippen molar-refractivity contribution >= 4 is 41.0 Å². The fourth-order valence-electron chi connectivity index (χ4n) is 2.17. The molecule has 3 N–H and O–H groups in total. The highest BCUT2D eigenvalue weighted by Gasteiger charge is 2.37. The van der Waals surface area contributed by atoms with Crippen LogP contribution in [0.25, 0.3) is 0 Å². The molecule has 0 aliphatic rings. The zero-order chi connectivity index (χ0) is 21.1. The van der Waals surface area contributed by atoms with Gasteiger partial charge in [-0.05, 0) is 25.1 Å². The molecular formula is C15H17BFN5O5S. The summed E-state index contributed by atoms with van der Waals surface area (Å²) in [7, 11) is -1.39. The van der Waals surface area contributed by atoms with Crippen LogP contribution in [0.3, 0.4) is 0 Å². The normalized spacial score (nSPS) is 13.4. The average molecular weight is 409 g/mol. The molecule has 0 aliphatic heterocycles. The van der Waals surface area contributed by atoms with Gasteiger partial charge < -0.3 is 15.7 Å². The molecule has 2 amide bonds. The van der Waals surface area contributed by atoms with E-state index in [0.29, 0.717) is 11.8 Å². The number of halogens is 1. The van der Waals surface area contributed by atoms with Crippen LogP contribution < -0.4 is 16.4 Å². The van der Waals surface area contributed by atoms with Crippen molar-refractivity contribution in [2.75, 3.05) is 18.1 Å². The van der Waals surface area contributed by atoms with E-state index >= 15 is 0 Å². The van der Waals surface area contributed by atoms with Gasteiger partial charge in [0.1, 0.15) is 11.5 Å². The molecule has 0 bridgehead atoms. The van der Waals surface area contributed by atoms with Crippen molar-refractivity contribution in [1.29, 1.82) is 0 Å². The fraction of sp³-hybridized carbons (Fsp3) is 0.267. The molecular weight excluding hydrogens is 392 g/mol. The maximum atomic E-state index is 14.0. The number of hydrogen-bond acceptors (Lipinski definition) is 8. The minimum atomic E-state index is -4.27. The van der Waals surface area contributed by atoms with Gasteiger partial charge in [0.2, 0.25) is 0 Å². The maximum Gasteiger partial charge on any atom is 0.258 e. The number of carbonyl (C=O) groups is 2. The number of nitrogens with zero attached hydrogens (tertiary/aromatic N) is 3. The van der Waals surface area contributed by atoms with Crippen molar-refractivity contribution in [2.24, 2.45) is 0 Å².